The monoisotopic (exact) mass is 1280 g/mol. The third-order valence-electron chi connectivity index (χ3n) is 18.3. The number of rotatable bonds is 69. The highest BCUT2D eigenvalue weighted by Gasteiger charge is 2.28. The van der Waals surface area contributed by atoms with Gasteiger partial charge in [-0.05, 0) is 176 Å². The summed E-state index contributed by atoms with van der Waals surface area (Å²) in [6.45, 7) is 31.3. The first-order chi connectivity index (χ1) is 44.2. The van der Waals surface area contributed by atoms with E-state index < -0.39 is 0 Å². The number of carboxylic acid groups (broad SMARTS) is 1. The predicted octanol–water partition coefficient (Wildman–Crippen LogP) is 19.7. The van der Waals surface area contributed by atoms with Crippen molar-refractivity contribution in [3.63, 3.8) is 0 Å². The Kier molecular flexibility index (Phi) is 69.5. The van der Waals surface area contributed by atoms with Crippen molar-refractivity contribution in [2.24, 2.45) is 0 Å². The molecule has 1 fully saturated rings. The van der Waals surface area contributed by atoms with Crippen molar-refractivity contribution in [2.45, 2.75) is 362 Å². The number of carbonyl (C=O) groups is 3. The molecule has 2 unspecified atom stereocenters. The van der Waals surface area contributed by atoms with E-state index in [9.17, 15) is 9.59 Å². The standard InChI is InChI=1S/C76H150N4O7.CH2O2/c1-8-13-18-23-27-28-29-30-31-32-33-34-36-40-57-78(61-46-51-67-85-75(82)54-55-76(86-68-48-37-25-20-15-10-3)87-69-49-38-26-21-16-11-4)59-42-44-63-80-71-72(6)79(70-73(80)7)62-43-41-58-77(56-39-35-24-19-14-9-2)60-45-50-66-84-74(81)53-52-65-83-64-47-22-17-12-5;2-1-3/h9,14,72-73,76H,8,10-13,15-71H2,1-7H3;1H,(H,2,3)/b14-9+;. The number of nitrogens with zero attached hydrogens (tertiary/aromatic N) is 4. The molecule has 90 heavy (non-hydrogen) atoms. The first-order valence-electron chi connectivity index (χ1n) is 38.9. The maximum atomic E-state index is 13.0. The lowest BCUT2D eigenvalue weighted by atomic mass is 10.0. The van der Waals surface area contributed by atoms with E-state index in [2.05, 4.69) is 80.2 Å². The Morgan fingerprint density at radius 3 is 1.14 bits per heavy atom. The van der Waals surface area contributed by atoms with Crippen LogP contribution in [0.4, 0.5) is 0 Å². The number of allylic oxidation sites excluding steroid dienone is 2. The molecule has 1 saturated heterocycles. The van der Waals surface area contributed by atoms with Crippen LogP contribution in [0.2, 0.25) is 0 Å². The largest absolute Gasteiger partial charge is 0.483 e. The average molecular weight is 1280 g/mol. The number of piperazine rings is 1. The van der Waals surface area contributed by atoms with Gasteiger partial charge in [0.25, 0.3) is 6.47 Å². The van der Waals surface area contributed by atoms with Gasteiger partial charge in [0.2, 0.25) is 0 Å². The first-order valence-corrected chi connectivity index (χ1v) is 38.9. The lowest BCUT2D eigenvalue weighted by Crippen LogP contribution is -2.56. The van der Waals surface area contributed by atoms with E-state index in [-0.39, 0.29) is 24.7 Å². The summed E-state index contributed by atoms with van der Waals surface area (Å²) in [4.78, 5) is 44.7. The summed E-state index contributed by atoms with van der Waals surface area (Å²) in [5.41, 5.74) is 0. The van der Waals surface area contributed by atoms with Crippen LogP contribution in [0.15, 0.2) is 12.2 Å². The number of carbonyl (C=O) groups excluding carboxylic acids is 2. The Balaban J connectivity index is 0.0000258. The Hall–Kier alpha value is -2.13. The van der Waals surface area contributed by atoms with Crippen molar-refractivity contribution in [3.05, 3.63) is 12.2 Å². The maximum absolute atomic E-state index is 13.0. The summed E-state index contributed by atoms with van der Waals surface area (Å²) < 4.78 is 29.6. The topological polar surface area (TPSA) is 131 Å². The second-order valence-corrected chi connectivity index (χ2v) is 26.8. The Bertz CT molecular complexity index is 1490. The molecule has 1 heterocycles. The molecule has 0 aliphatic carbocycles. The molecule has 0 amide bonds. The fourth-order valence-electron chi connectivity index (χ4n) is 12.4. The van der Waals surface area contributed by atoms with Crippen LogP contribution in [0.3, 0.4) is 0 Å². The van der Waals surface area contributed by atoms with E-state index in [0.717, 1.165) is 84.2 Å². The van der Waals surface area contributed by atoms with E-state index >= 15 is 0 Å². The van der Waals surface area contributed by atoms with Crippen molar-refractivity contribution < 1.29 is 43.2 Å². The van der Waals surface area contributed by atoms with Gasteiger partial charge in [-0.15, -0.1) is 0 Å². The zero-order valence-corrected chi connectivity index (χ0v) is 60.8. The van der Waals surface area contributed by atoms with Crippen molar-refractivity contribution >= 4 is 18.4 Å². The molecule has 0 aromatic heterocycles. The van der Waals surface area contributed by atoms with Gasteiger partial charge in [-0.3, -0.25) is 24.2 Å². The molecule has 1 aliphatic heterocycles. The van der Waals surface area contributed by atoms with E-state index in [0.29, 0.717) is 64.4 Å². The van der Waals surface area contributed by atoms with Gasteiger partial charge in [-0.1, -0.05) is 213 Å². The van der Waals surface area contributed by atoms with Crippen LogP contribution in [0, 0.1) is 0 Å². The molecule has 1 aliphatic rings. The summed E-state index contributed by atoms with van der Waals surface area (Å²) in [7, 11) is 0. The van der Waals surface area contributed by atoms with Gasteiger partial charge in [0.05, 0.1) is 19.6 Å². The molecule has 0 aromatic carbocycles. The molecule has 2 atom stereocenters. The normalized spacial score (nSPS) is 14.8. The minimum Gasteiger partial charge on any atom is -0.483 e. The molecule has 0 radical (unpaired) electrons. The summed E-state index contributed by atoms with van der Waals surface area (Å²) in [5, 5.41) is 6.89. The number of esters is 2. The molecule has 1 N–H and O–H groups in total. The Labute approximate surface area is 558 Å². The second kappa shape index (κ2) is 71.2. The van der Waals surface area contributed by atoms with Crippen LogP contribution < -0.4 is 0 Å². The van der Waals surface area contributed by atoms with Gasteiger partial charge in [0.1, 0.15) is 0 Å². The van der Waals surface area contributed by atoms with Crippen LogP contribution in [0.5, 0.6) is 0 Å². The summed E-state index contributed by atoms with van der Waals surface area (Å²) in [5.74, 6) is -0.194. The highest BCUT2D eigenvalue weighted by atomic mass is 16.7. The highest BCUT2D eigenvalue weighted by molar-refractivity contribution is 5.69. The van der Waals surface area contributed by atoms with Gasteiger partial charge in [-0.2, -0.15) is 0 Å². The van der Waals surface area contributed by atoms with Crippen molar-refractivity contribution in [3.8, 4) is 0 Å². The van der Waals surface area contributed by atoms with Crippen LogP contribution in [-0.4, -0.2) is 167 Å². The average Bonchev–Trinajstić information content (AvgIpc) is 2.39. The van der Waals surface area contributed by atoms with Crippen LogP contribution in [0.1, 0.15) is 344 Å². The minimum absolute atomic E-state index is 0.0788. The molecule has 534 valence electrons. The van der Waals surface area contributed by atoms with E-state index in [1.54, 1.807) is 0 Å². The molecule has 13 nitrogen and oxygen atoms in total. The third kappa shape index (κ3) is 60.8. The lowest BCUT2D eigenvalue weighted by molar-refractivity contribution is -0.159. The summed E-state index contributed by atoms with van der Waals surface area (Å²) in [6.07, 6.45) is 59.4. The zero-order valence-electron chi connectivity index (χ0n) is 60.8. The molecular weight excluding hydrogens is 1120 g/mol. The molecule has 1 rings (SSSR count). The predicted molar refractivity (Wildman–Crippen MR) is 382 cm³/mol. The minimum atomic E-state index is -0.319. The van der Waals surface area contributed by atoms with Crippen LogP contribution in [-0.2, 0) is 38.1 Å². The SMILES string of the molecule is C/C=C/CCCCCN(CCCCOC(=O)CCCOCCCCCC)CCCCN1CC(C)N(CCCCN(CCCCCCCCCCCCCCCC)CCCCOC(=O)CCC(OCCCCCCCC)OCCCCCCCC)CC1C.O=CO. The number of ether oxygens (including phenoxy) is 5. The fraction of sp³-hybridized carbons (Fsp3) is 0.935. The third-order valence-corrected chi connectivity index (χ3v) is 18.3. The van der Waals surface area contributed by atoms with Gasteiger partial charge < -0.3 is 38.6 Å². The van der Waals surface area contributed by atoms with Gasteiger partial charge in [0.15, 0.2) is 6.29 Å². The zero-order chi connectivity index (χ0) is 65.7. The van der Waals surface area contributed by atoms with E-state index in [1.807, 2.05) is 0 Å². The molecule has 0 aromatic rings. The molecular formula is C77H152N4O9. The van der Waals surface area contributed by atoms with Gasteiger partial charge >= 0.3 is 11.9 Å². The summed E-state index contributed by atoms with van der Waals surface area (Å²) in [6, 6.07) is 1.16. The number of hydrogen-bond donors (Lipinski definition) is 1. The fourth-order valence-corrected chi connectivity index (χ4v) is 12.4. The van der Waals surface area contributed by atoms with Gasteiger partial charge in [0, 0.05) is 64.4 Å². The van der Waals surface area contributed by atoms with Gasteiger partial charge in [-0.25, -0.2) is 0 Å². The lowest BCUT2D eigenvalue weighted by Gasteiger charge is -2.44. The Morgan fingerprint density at radius 2 is 0.733 bits per heavy atom. The first kappa shape index (κ1) is 87.9. The van der Waals surface area contributed by atoms with E-state index in [4.69, 9.17) is 33.6 Å². The maximum Gasteiger partial charge on any atom is 0.305 e. The smallest absolute Gasteiger partial charge is 0.305 e. The molecule has 13 heteroatoms. The molecule has 0 bridgehead atoms. The molecule has 0 spiro atoms. The molecule has 0 saturated carbocycles. The van der Waals surface area contributed by atoms with Crippen LogP contribution >= 0.6 is 0 Å². The van der Waals surface area contributed by atoms with Crippen LogP contribution in [0.25, 0.3) is 0 Å². The van der Waals surface area contributed by atoms with Crippen molar-refractivity contribution in [1.29, 1.82) is 0 Å². The highest BCUT2D eigenvalue weighted by Crippen LogP contribution is 2.20. The number of hydrogen-bond acceptors (Lipinski definition) is 12. The number of unbranched alkanes of at least 4 members (excludes halogenated alkanes) is 33. The quantitative estimate of drug-likeness (QED) is 0.0204. The van der Waals surface area contributed by atoms with Crippen molar-refractivity contribution in [2.75, 3.05) is 105 Å². The van der Waals surface area contributed by atoms with Crippen molar-refractivity contribution in [1.82, 2.24) is 19.6 Å². The van der Waals surface area contributed by atoms with E-state index in [1.165, 1.54) is 264 Å². The summed E-state index contributed by atoms with van der Waals surface area (Å²) >= 11 is 0. The second-order valence-electron chi connectivity index (χ2n) is 26.8. The Morgan fingerprint density at radius 1 is 0.422 bits per heavy atom.